The van der Waals surface area contributed by atoms with Gasteiger partial charge < -0.3 is 29.6 Å². The second-order valence-electron chi connectivity index (χ2n) is 9.71. The molecule has 212 valence electrons. The third-order valence-corrected chi connectivity index (χ3v) is 7.12. The molecule has 1 aromatic carbocycles. The zero-order valence-corrected chi connectivity index (χ0v) is 22.3. The Hall–Kier alpha value is -3.90. The van der Waals surface area contributed by atoms with Crippen molar-refractivity contribution < 1.29 is 32.5 Å². The van der Waals surface area contributed by atoms with Gasteiger partial charge in [0.25, 0.3) is 0 Å². The Morgan fingerprint density at radius 3 is 2.62 bits per heavy atom. The van der Waals surface area contributed by atoms with Gasteiger partial charge in [-0.2, -0.15) is 0 Å². The number of carbonyl (C=O) groups is 1. The van der Waals surface area contributed by atoms with Gasteiger partial charge in [-0.15, -0.1) is 0 Å². The number of benzene rings is 1. The van der Waals surface area contributed by atoms with E-state index in [1.807, 2.05) is 0 Å². The van der Waals surface area contributed by atoms with Crippen molar-refractivity contribution in [3.63, 3.8) is 0 Å². The quantitative estimate of drug-likeness (QED) is 0.334. The molecule has 0 saturated carbocycles. The van der Waals surface area contributed by atoms with Gasteiger partial charge in [0.15, 0.2) is 34.7 Å². The largest absolute Gasteiger partial charge is 0.494 e. The number of ketones is 1. The van der Waals surface area contributed by atoms with Crippen molar-refractivity contribution in [2.45, 2.75) is 31.4 Å². The van der Waals surface area contributed by atoms with Crippen LogP contribution in [0.2, 0.25) is 0 Å². The first-order chi connectivity index (χ1) is 19.4. The van der Waals surface area contributed by atoms with E-state index in [1.165, 1.54) is 26.4 Å². The lowest BCUT2D eigenvalue weighted by Gasteiger charge is -2.19. The van der Waals surface area contributed by atoms with Gasteiger partial charge in [-0.3, -0.25) is 4.79 Å². The first-order valence-corrected chi connectivity index (χ1v) is 13.0. The van der Waals surface area contributed by atoms with Gasteiger partial charge in [0.2, 0.25) is 5.95 Å². The highest BCUT2D eigenvalue weighted by atomic mass is 19.1. The highest BCUT2D eigenvalue weighted by Gasteiger charge is 2.30. The molecule has 10 nitrogen and oxygen atoms in total. The van der Waals surface area contributed by atoms with Crippen LogP contribution in [0, 0.1) is 17.6 Å². The number of carbonyl (C=O) groups excluding carboxylic acids is 1. The average Bonchev–Trinajstić information content (AvgIpc) is 3.64. The summed E-state index contributed by atoms with van der Waals surface area (Å²) in [7, 11) is 2.58. The van der Waals surface area contributed by atoms with Gasteiger partial charge in [-0.1, -0.05) is 6.58 Å². The van der Waals surface area contributed by atoms with Crippen molar-refractivity contribution in [2.75, 3.05) is 51.2 Å². The summed E-state index contributed by atoms with van der Waals surface area (Å²) in [5, 5.41) is 7.03. The van der Waals surface area contributed by atoms with E-state index in [1.54, 1.807) is 6.20 Å². The number of hydrogen-bond donors (Lipinski definition) is 2. The zero-order valence-electron chi connectivity index (χ0n) is 22.3. The Labute approximate surface area is 230 Å². The smallest absolute Gasteiger partial charge is 0.223 e. The molecular formula is C28H31F2N5O5. The molecule has 0 spiro atoms. The Morgan fingerprint density at radius 1 is 1.18 bits per heavy atom. The SMILES string of the molecule is C=CC(=O)C[C@H]1COC[C@H]1Nc1ncc2cc(-c3c(F)c(OC)cc(OC)c3F)nc(NCC3CCCO3)c2n1. The molecule has 0 bridgehead atoms. The van der Waals surface area contributed by atoms with Crippen LogP contribution in [0.15, 0.2) is 31.0 Å². The van der Waals surface area contributed by atoms with Crippen LogP contribution in [0.4, 0.5) is 20.5 Å². The zero-order chi connectivity index (χ0) is 28.2. The molecule has 12 heteroatoms. The van der Waals surface area contributed by atoms with Crippen LogP contribution in [-0.2, 0) is 14.3 Å². The van der Waals surface area contributed by atoms with E-state index in [-0.39, 0.29) is 41.0 Å². The monoisotopic (exact) mass is 555 g/mol. The summed E-state index contributed by atoms with van der Waals surface area (Å²) in [6, 6.07) is 2.49. The van der Waals surface area contributed by atoms with Gasteiger partial charge in [-0.05, 0) is 25.0 Å². The molecule has 2 aliphatic rings. The number of hydrogen-bond acceptors (Lipinski definition) is 10. The third-order valence-electron chi connectivity index (χ3n) is 7.12. The van der Waals surface area contributed by atoms with E-state index >= 15 is 8.78 Å². The average molecular weight is 556 g/mol. The Balaban J connectivity index is 1.54. The number of allylic oxidation sites excluding steroid dienone is 1. The maximum absolute atomic E-state index is 15.4. The minimum absolute atomic E-state index is 0.0195. The van der Waals surface area contributed by atoms with Crippen molar-refractivity contribution in [2.24, 2.45) is 5.92 Å². The maximum Gasteiger partial charge on any atom is 0.223 e. The summed E-state index contributed by atoms with van der Waals surface area (Å²) in [4.78, 5) is 25.6. The fraction of sp³-hybridized carbons (Fsp3) is 0.429. The molecule has 40 heavy (non-hydrogen) atoms. The van der Waals surface area contributed by atoms with Crippen LogP contribution >= 0.6 is 0 Å². The Morgan fingerprint density at radius 2 is 1.95 bits per heavy atom. The third kappa shape index (κ3) is 5.68. The lowest BCUT2D eigenvalue weighted by atomic mass is 9.97. The standard InChI is InChI=1S/C28H31F2N5O5/c1-4-17(36)8-16-13-39-14-20(16)34-28-32-11-15-9-19(23-24(29)21(37-2)10-22(38-3)25(23)30)33-27(26(15)35-28)31-12-18-6-5-7-40-18/h4,9-11,16,18,20H,1,5-8,12-14H2,2-3H3,(H,31,33)(H,32,34,35)/t16-,18?,20+/m0/s1. The number of nitrogens with one attached hydrogen (secondary N) is 2. The minimum atomic E-state index is -0.904. The van der Waals surface area contributed by atoms with Gasteiger partial charge in [0.1, 0.15) is 5.52 Å². The molecule has 3 aromatic rings. The summed E-state index contributed by atoms with van der Waals surface area (Å²) in [5.74, 6) is -1.66. The first kappa shape index (κ1) is 27.7. The molecule has 2 aliphatic heterocycles. The number of rotatable bonds is 11. The molecule has 2 saturated heterocycles. The molecule has 2 N–H and O–H groups in total. The molecule has 0 radical (unpaired) electrons. The molecule has 2 fully saturated rings. The highest BCUT2D eigenvalue weighted by Crippen LogP contribution is 2.38. The number of anilines is 2. The summed E-state index contributed by atoms with van der Waals surface area (Å²) in [6.07, 6.45) is 4.98. The lowest BCUT2D eigenvalue weighted by molar-refractivity contribution is -0.115. The van der Waals surface area contributed by atoms with E-state index in [2.05, 4.69) is 32.2 Å². The number of pyridine rings is 1. The van der Waals surface area contributed by atoms with Gasteiger partial charge in [0, 0.05) is 43.1 Å². The van der Waals surface area contributed by atoms with Crippen molar-refractivity contribution in [3.8, 4) is 22.8 Å². The molecule has 3 atom stereocenters. The van der Waals surface area contributed by atoms with Gasteiger partial charge >= 0.3 is 0 Å². The second kappa shape index (κ2) is 12.1. The van der Waals surface area contributed by atoms with Crippen LogP contribution < -0.4 is 20.1 Å². The van der Waals surface area contributed by atoms with E-state index in [0.717, 1.165) is 18.9 Å². The van der Waals surface area contributed by atoms with Crippen LogP contribution in [0.5, 0.6) is 11.5 Å². The van der Waals surface area contributed by atoms with E-state index in [0.29, 0.717) is 55.5 Å². The van der Waals surface area contributed by atoms with Gasteiger partial charge in [-0.25, -0.2) is 23.7 Å². The molecule has 0 aliphatic carbocycles. The normalized spacial score (nSPS) is 20.4. The number of fused-ring (bicyclic) bond motifs is 1. The number of ether oxygens (including phenoxy) is 4. The summed E-state index contributed by atoms with van der Waals surface area (Å²) in [5.41, 5.74) is 0.0805. The van der Waals surface area contributed by atoms with Crippen LogP contribution in [0.1, 0.15) is 19.3 Å². The van der Waals surface area contributed by atoms with E-state index < -0.39 is 17.2 Å². The molecule has 0 amide bonds. The summed E-state index contributed by atoms with van der Waals surface area (Å²) < 4.78 is 52.2. The van der Waals surface area contributed by atoms with Gasteiger partial charge in [0.05, 0.1) is 50.8 Å². The number of nitrogens with zero attached hydrogens (tertiary/aromatic N) is 3. The fourth-order valence-electron chi connectivity index (χ4n) is 4.95. The first-order valence-electron chi connectivity index (χ1n) is 13.0. The molecular weight excluding hydrogens is 524 g/mol. The van der Waals surface area contributed by atoms with Crippen molar-refractivity contribution in [1.82, 2.24) is 15.0 Å². The van der Waals surface area contributed by atoms with E-state index in [9.17, 15) is 4.79 Å². The fourth-order valence-corrected chi connectivity index (χ4v) is 4.95. The molecule has 1 unspecified atom stereocenters. The predicted octanol–water partition coefficient (Wildman–Crippen LogP) is 4.15. The van der Waals surface area contributed by atoms with Crippen LogP contribution in [0.3, 0.4) is 0 Å². The minimum Gasteiger partial charge on any atom is -0.494 e. The van der Waals surface area contributed by atoms with Crippen molar-refractivity contribution in [1.29, 1.82) is 0 Å². The maximum atomic E-state index is 15.4. The topological polar surface area (TPSA) is 117 Å². The highest BCUT2D eigenvalue weighted by molar-refractivity contribution is 5.92. The lowest BCUT2D eigenvalue weighted by Crippen LogP contribution is -2.30. The Bertz CT molecular complexity index is 1390. The number of halogens is 2. The number of methoxy groups -OCH3 is 2. The summed E-state index contributed by atoms with van der Waals surface area (Å²) >= 11 is 0. The predicted molar refractivity (Wildman–Crippen MR) is 145 cm³/mol. The summed E-state index contributed by atoms with van der Waals surface area (Å²) in [6.45, 7) is 5.49. The van der Waals surface area contributed by atoms with Crippen molar-refractivity contribution in [3.05, 3.63) is 42.6 Å². The van der Waals surface area contributed by atoms with Crippen LogP contribution in [0.25, 0.3) is 22.2 Å². The Kier molecular flexibility index (Phi) is 8.36. The molecule has 5 rings (SSSR count). The van der Waals surface area contributed by atoms with Crippen molar-refractivity contribution >= 4 is 28.5 Å². The number of aromatic nitrogens is 3. The molecule has 2 aromatic heterocycles. The molecule has 4 heterocycles. The van der Waals surface area contributed by atoms with Crippen LogP contribution in [-0.4, -0.2) is 73.5 Å². The second-order valence-corrected chi connectivity index (χ2v) is 9.71. The van der Waals surface area contributed by atoms with E-state index in [4.69, 9.17) is 18.9 Å².